The number of rotatable bonds is 6. The third-order valence-electron chi connectivity index (χ3n) is 6.69. The number of nitrogens with one attached hydrogen (secondary N) is 1. The Morgan fingerprint density at radius 3 is 2.58 bits per heavy atom. The predicted octanol–water partition coefficient (Wildman–Crippen LogP) is 5.66. The number of halogens is 2. The monoisotopic (exact) mass is 456 g/mol. The van der Waals surface area contributed by atoms with Crippen LogP contribution in [0.25, 0.3) is 0 Å². The lowest BCUT2D eigenvalue weighted by molar-refractivity contribution is 0.0517. The fourth-order valence-corrected chi connectivity index (χ4v) is 4.90. The molecule has 1 saturated heterocycles. The summed E-state index contributed by atoms with van der Waals surface area (Å²) in [6.45, 7) is 3.95. The second kappa shape index (κ2) is 10.3. The highest BCUT2D eigenvalue weighted by Crippen LogP contribution is 2.37. The van der Waals surface area contributed by atoms with E-state index in [9.17, 15) is 18.4 Å². The van der Waals surface area contributed by atoms with Gasteiger partial charge >= 0.3 is 0 Å². The number of nitrogens with zero attached hydrogens (tertiary/aromatic N) is 1. The first kappa shape index (κ1) is 23.2. The van der Waals surface area contributed by atoms with Crippen molar-refractivity contribution in [3.63, 3.8) is 0 Å². The first-order valence-corrected chi connectivity index (χ1v) is 11.8. The lowest BCUT2D eigenvalue weighted by Gasteiger charge is -2.41. The summed E-state index contributed by atoms with van der Waals surface area (Å²) in [5.74, 6) is -1.01. The van der Waals surface area contributed by atoms with Gasteiger partial charge in [-0.15, -0.1) is 0 Å². The van der Waals surface area contributed by atoms with Crippen molar-refractivity contribution in [2.45, 2.75) is 45.4 Å². The van der Waals surface area contributed by atoms with Crippen LogP contribution in [0.2, 0.25) is 0 Å². The molecule has 2 aromatic rings. The molecule has 1 aliphatic heterocycles. The van der Waals surface area contributed by atoms with Crippen LogP contribution in [0.3, 0.4) is 0 Å². The van der Waals surface area contributed by atoms with Crippen molar-refractivity contribution in [3.05, 3.63) is 59.2 Å². The van der Waals surface area contributed by atoms with Gasteiger partial charge in [0, 0.05) is 30.4 Å². The maximum Gasteiger partial charge on any atom is 0.257 e. The van der Waals surface area contributed by atoms with E-state index in [-0.39, 0.29) is 11.5 Å². The molecule has 2 aromatic carbocycles. The molecule has 2 unspecified atom stereocenters. The van der Waals surface area contributed by atoms with E-state index in [0.29, 0.717) is 29.5 Å². The number of benzene rings is 2. The highest BCUT2D eigenvalue weighted by molar-refractivity contribution is 6.05. The highest BCUT2D eigenvalue weighted by Gasteiger charge is 2.34. The quantitative estimate of drug-likeness (QED) is 0.610. The molecule has 1 heterocycles. The maximum atomic E-state index is 13.5. The van der Waals surface area contributed by atoms with Crippen LogP contribution in [0.5, 0.6) is 5.75 Å². The second-order valence-corrected chi connectivity index (χ2v) is 8.99. The molecule has 0 radical (unpaired) electrons. The maximum absolute atomic E-state index is 13.5. The molecule has 33 heavy (non-hydrogen) atoms. The number of carbonyl (C=O) groups is 2. The Morgan fingerprint density at radius 2 is 1.82 bits per heavy atom. The molecule has 2 fully saturated rings. The van der Waals surface area contributed by atoms with Gasteiger partial charge in [0.05, 0.1) is 12.2 Å². The number of amides is 2. The molecular formula is C26H30F2N2O3. The minimum Gasteiger partial charge on any atom is -0.493 e. The zero-order chi connectivity index (χ0) is 23.4. The number of anilines is 1. The van der Waals surface area contributed by atoms with Crippen LogP contribution in [0, 0.1) is 23.5 Å². The average molecular weight is 457 g/mol. The summed E-state index contributed by atoms with van der Waals surface area (Å²) in [4.78, 5) is 27.8. The van der Waals surface area contributed by atoms with Crippen LogP contribution in [0.4, 0.5) is 14.5 Å². The first-order chi connectivity index (χ1) is 16.0. The van der Waals surface area contributed by atoms with Crippen molar-refractivity contribution in [2.24, 2.45) is 11.8 Å². The van der Waals surface area contributed by atoms with Crippen molar-refractivity contribution in [1.29, 1.82) is 0 Å². The topological polar surface area (TPSA) is 58.6 Å². The normalized spacial score (nSPS) is 20.2. The van der Waals surface area contributed by atoms with Gasteiger partial charge in [0.25, 0.3) is 11.8 Å². The molecule has 1 N–H and O–H groups in total. The molecule has 5 nitrogen and oxygen atoms in total. The van der Waals surface area contributed by atoms with Crippen molar-refractivity contribution < 1.29 is 23.1 Å². The molecule has 7 heteroatoms. The van der Waals surface area contributed by atoms with Gasteiger partial charge in [0.15, 0.2) is 11.6 Å². The average Bonchev–Trinajstić information content (AvgIpc) is 2.83. The third-order valence-corrected chi connectivity index (χ3v) is 6.69. The molecule has 2 aliphatic rings. The highest BCUT2D eigenvalue weighted by atomic mass is 19.2. The van der Waals surface area contributed by atoms with Gasteiger partial charge in [-0.05, 0) is 61.4 Å². The molecule has 4 rings (SSSR count). The van der Waals surface area contributed by atoms with Gasteiger partial charge in [0.2, 0.25) is 0 Å². The fraction of sp³-hybridized carbons (Fsp3) is 0.462. The molecule has 1 saturated carbocycles. The van der Waals surface area contributed by atoms with Gasteiger partial charge in [-0.1, -0.05) is 26.2 Å². The van der Waals surface area contributed by atoms with Crippen LogP contribution in [-0.2, 0) is 0 Å². The van der Waals surface area contributed by atoms with E-state index in [1.165, 1.54) is 31.7 Å². The number of fused-ring (bicyclic) bond motifs is 1. The Hall–Kier alpha value is -2.96. The smallest absolute Gasteiger partial charge is 0.257 e. The first-order valence-electron chi connectivity index (χ1n) is 11.8. The second-order valence-electron chi connectivity index (χ2n) is 8.99. The summed E-state index contributed by atoms with van der Waals surface area (Å²) in [7, 11) is 0. The summed E-state index contributed by atoms with van der Waals surface area (Å²) in [6.07, 6.45) is 6.80. The Kier molecular flexibility index (Phi) is 7.26. The molecule has 0 spiro atoms. The number of ether oxygens (including phenoxy) is 1. The van der Waals surface area contributed by atoms with Crippen molar-refractivity contribution in [1.82, 2.24) is 4.90 Å². The van der Waals surface area contributed by atoms with E-state index in [4.69, 9.17) is 4.74 Å². The van der Waals surface area contributed by atoms with Gasteiger partial charge < -0.3 is 15.0 Å². The Labute approximate surface area is 193 Å². The lowest BCUT2D eigenvalue weighted by atomic mass is 9.75. The van der Waals surface area contributed by atoms with Crippen LogP contribution < -0.4 is 10.1 Å². The number of hydrogen-bond donors (Lipinski definition) is 1. The summed E-state index contributed by atoms with van der Waals surface area (Å²) in [5, 5.41) is 2.67. The molecule has 1 aliphatic carbocycles. The van der Waals surface area contributed by atoms with E-state index in [1.807, 2.05) is 11.8 Å². The summed E-state index contributed by atoms with van der Waals surface area (Å²) < 4.78 is 32.5. The Balaban J connectivity index is 1.51. The van der Waals surface area contributed by atoms with E-state index < -0.39 is 17.5 Å². The van der Waals surface area contributed by atoms with Gasteiger partial charge in [-0.2, -0.15) is 0 Å². The Bertz CT molecular complexity index is 1030. The largest absolute Gasteiger partial charge is 0.493 e. The summed E-state index contributed by atoms with van der Waals surface area (Å²) in [6, 6.07) is 7.91. The van der Waals surface area contributed by atoms with Gasteiger partial charge in [-0.25, -0.2) is 8.78 Å². The summed E-state index contributed by atoms with van der Waals surface area (Å²) in [5.41, 5.74) is 0.891. The van der Waals surface area contributed by atoms with E-state index in [1.54, 1.807) is 18.2 Å². The van der Waals surface area contributed by atoms with Gasteiger partial charge in [0.1, 0.15) is 5.75 Å². The minimum absolute atomic E-state index is 0.000400. The van der Waals surface area contributed by atoms with Crippen molar-refractivity contribution in [3.8, 4) is 5.75 Å². The summed E-state index contributed by atoms with van der Waals surface area (Å²) >= 11 is 0. The number of carbonyl (C=O) groups excluding carboxylic acids is 2. The number of hydrogen-bond acceptors (Lipinski definition) is 3. The van der Waals surface area contributed by atoms with Crippen LogP contribution in [0.1, 0.15) is 66.2 Å². The fourth-order valence-electron chi connectivity index (χ4n) is 4.90. The molecule has 2 atom stereocenters. The molecule has 2 amide bonds. The third kappa shape index (κ3) is 5.34. The van der Waals surface area contributed by atoms with Gasteiger partial charge in [-0.3, -0.25) is 9.59 Å². The van der Waals surface area contributed by atoms with Crippen LogP contribution >= 0.6 is 0 Å². The number of likely N-dealkylation sites (tertiary alicyclic amines) is 1. The minimum atomic E-state index is -1.09. The number of piperidine rings is 1. The van der Waals surface area contributed by atoms with Crippen LogP contribution in [0.15, 0.2) is 36.4 Å². The zero-order valence-electron chi connectivity index (χ0n) is 18.9. The van der Waals surface area contributed by atoms with E-state index in [0.717, 1.165) is 44.0 Å². The SMILES string of the molecule is CCCOc1cc(NC(=O)c2ccc(F)c(F)c2)ccc1C(=O)N1CCC2CCCCC2C1. The van der Waals surface area contributed by atoms with E-state index in [2.05, 4.69) is 5.32 Å². The molecule has 176 valence electrons. The standard InChI is InChI=1S/C26H30F2N2O3/c1-2-13-33-24-15-20(29-25(31)18-7-10-22(27)23(28)14-18)8-9-21(24)26(32)30-12-11-17-5-3-4-6-19(17)16-30/h7-10,14-15,17,19H,2-6,11-13,16H2,1H3,(H,29,31). The van der Waals surface area contributed by atoms with Crippen LogP contribution in [-0.4, -0.2) is 36.4 Å². The zero-order valence-corrected chi connectivity index (χ0v) is 18.9. The van der Waals surface area contributed by atoms with Crippen molar-refractivity contribution >= 4 is 17.5 Å². The molecule has 0 aromatic heterocycles. The van der Waals surface area contributed by atoms with Crippen molar-refractivity contribution in [2.75, 3.05) is 25.0 Å². The predicted molar refractivity (Wildman–Crippen MR) is 123 cm³/mol. The molecule has 0 bridgehead atoms. The molecular weight excluding hydrogens is 426 g/mol. The lowest BCUT2D eigenvalue weighted by Crippen LogP contribution is -2.44. The Morgan fingerprint density at radius 1 is 1.03 bits per heavy atom. The van der Waals surface area contributed by atoms with E-state index >= 15 is 0 Å².